The van der Waals surface area contributed by atoms with E-state index in [0.717, 1.165) is 16.7 Å². The molecule has 1 aromatic carbocycles. The van der Waals surface area contributed by atoms with Crippen LogP contribution >= 0.6 is 0 Å². The number of aromatic nitrogens is 3. The molecule has 0 atom stereocenters. The maximum absolute atomic E-state index is 11.6. The van der Waals surface area contributed by atoms with Crippen molar-refractivity contribution in [1.29, 1.82) is 0 Å². The van der Waals surface area contributed by atoms with Gasteiger partial charge in [-0.25, -0.2) is 14.3 Å². The summed E-state index contributed by atoms with van der Waals surface area (Å²) in [6.07, 6.45) is 1.63. The van der Waals surface area contributed by atoms with Crippen LogP contribution < -0.4 is 0 Å². The number of rotatable bonds is 2. The molecule has 3 aromatic rings. The lowest BCUT2D eigenvalue weighted by Crippen LogP contribution is -2.03. The average Bonchev–Trinajstić information content (AvgIpc) is 2.88. The normalized spacial score (nSPS) is 10.8. The van der Waals surface area contributed by atoms with Crippen LogP contribution in [0.15, 0.2) is 36.5 Å². The largest absolute Gasteiger partial charge is 0.465 e. The predicted molar refractivity (Wildman–Crippen MR) is 79.2 cm³/mol. The number of benzene rings is 1. The third kappa shape index (κ3) is 2.27. The first-order valence-corrected chi connectivity index (χ1v) is 6.61. The third-order valence-corrected chi connectivity index (χ3v) is 3.46. The summed E-state index contributed by atoms with van der Waals surface area (Å²) in [5.41, 5.74) is 4.42. The summed E-state index contributed by atoms with van der Waals surface area (Å²) in [6, 6.07) is 9.53. The molecule has 106 valence electrons. The number of aryl methyl sites for hydroxylation is 2. The summed E-state index contributed by atoms with van der Waals surface area (Å²) in [7, 11) is 1.36. The smallest absolute Gasteiger partial charge is 0.339 e. The summed E-state index contributed by atoms with van der Waals surface area (Å²) in [5, 5.41) is 4.48. The summed E-state index contributed by atoms with van der Waals surface area (Å²) < 4.78 is 6.32. The highest BCUT2D eigenvalue weighted by atomic mass is 16.5. The van der Waals surface area contributed by atoms with E-state index >= 15 is 0 Å². The zero-order valence-electron chi connectivity index (χ0n) is 12.1. The van der Waals surface area contributed by atoms with Gasteiger partial charge in [0.05, 0.1) is 12.7 Å². The van der Waals surface area contributed by atoms with Gasteiger partial charge in [0.25, 0.3) is 0 Å². The Morgan fingerprint density at radius 3 is 2.52 bits per heavy atom. The van der Waals surface area contributed by atoms with E-state index in [4.69, 9.17) is 4.74 Å². The van der Waals surface area contributed by atoms with E-state index < -0.39 is 0 Å². The van der Waals surface area contributed by atoms with E-state index in [2.05, 4.69) is 10.1 Å². The topological polar surface area (TPSA) is 56.5 Å². The Bertz CT molecular complexity index is 816. The highest BCUT2D eigenvalue weighted by Gasteiger charge is 2.13. The van der Waals surface area contributed by atoms with Gasteiger partial charge >= 0.3 is 5.97 Å². The summed E-state index contributed by atoms with van der Waals surface area (Å²) in [5.74, 6) is 0.272. The van der Waals surface area contributed by atoms with E-state index in [9.17, 15) is 4.79 Å². The standard InChI is InChI=1S/C16H15N3O2/c1-10-5-4-6-11(2)14(10)15-17-13-8-7-12(16(20)21-3)9-19(13)18-15/h4-9H,1-3H3. The first-order chi connectivity index (χ1) is 10.1. The van der Waals surface area contributed by atoms with Gasteiger partial charge in [-0.15, -0.1) is 5.10 Å². The monoisotopic (exact) mass is 281 g/mol. The first kappa shape index (κ1) is 13.3. The number of hydrogen-bond acceptors (Lipinski definition) is 4. The minimum Gasteiger partial charge on any atom is -0.465 e. The molecule has 0 aliphatic heterocycles. The highest BCUT2D eigenvalue weighted by Crippen LogP contribution is 2.24. The maximum atomic E-state index is 11.6. The summed E-state index contributed by atoms with van der Waals surface area (Å²) in [6.45, 7) is 4.07. The van der Waals surface area contributed by atoms with E-state index in [-0.39, 0.29) is 5.97 Å². The van der Waals surface area contributed by atoms with Crippen molar-refractivity contribution < 1.29 is 9.53 Å². The molecule has 5 nitrogen and oxygen atoms in total. The number of carbonyl (C=O) groups excluding carboxylic acids is 1. The highest BCUT2D eigenvalue weighted by molar-refractivity contribution is 5.89. The molecule has 0 unspecified atom stereocenters. The quantitative estimate of drug-likeness (QED) is 0.678. The number of nitrogens with zero attached hydrogens (tertiary/aromatic N) is 3. The second-order valence-corrected chi connectivity index (χ2v) is 4.91. The van der Waals surface area contributed by atoms with Crippen molar-refractivity contribution >= 4 is 11.6 Å². The van der Waals surface area contributed by atoms with Crippen LogP contribution in [-0.4, -0.2) is 27.7 Å². The number of carbonyl (C=O) groups is 1. The molecule has 0 aliphatic carbocycles. The van der Waals surface area contributed by atoms with Crippen LogP contribution in [0.4, 0.5) is 0 Å². The molecule has 21 heavy (non-hydrogen) atoms. The van der Waals surface area contributed by atoms with E-state index in [1.165, 1.54) is 7.11 Å². The molecule has 0 saturated carbocycles. The molecule has 0 saturated heterocycles. The predicted octanol–water partition coefficient (Wildman–Crippen LogP) is 2.80. The van der Waals surface area contributed by atoms with Crippen molar-refractivity contribution in [2.24, 2.45) is 0 Å². The molecule has 2 aromatic heterocycles. The SMILES string of the molecule is COC(=O)c1ccc2nc(-c3c(C)cccc3C)nn2c1. The molecule has 0 radical (unpaired) electrons. The number of fused-ring (bicyclic) bond motifs is 1. The number of esters is 1. The Kier molecular flexibility index (Phi) is 3.17. The van der Waals surface area contributed by atoms with Crippen molar-refractivity contribution in [3.05, 3.63) is 53.2 Å². The maximum Gasteiger partial charge on any atom is 0.339 e. The van der Waals surface area contributed by atoms with Crippen LogP contribution in [-0.2, 0) is 4.74 Å². The van der Waals surface area contributed by atoms with Gasteiger partial charge in [-0.2, -0.15) is 0 Å². The summed E-state index contributed by atoms with van der Waals surface area (Å²) >= 11 is 0. The van der Waals surface area contributed by atoms with Gasteiger partial charge in [-0.1, -0.05) is 18.2 Å². The number of methoxy groups -OCH3 is 1. The van der Waals surface area contributed by atoms with Crippen LogP contribution in [0, 0.1) is 13.8 Å². The molecule has 0 bridgehead atoms. The molecule has 0 N–H and O–H groups in total. The lowest BCUT2D eigenvalue weighted by atomic mass is 10.0. The molecule has 0 spiro atoms. The molecular formula is C16H15N3O2. The number of hydrogen-bond donors (Lipinski definition) is 0. The van der Waals surface area contributed by atoms with E-state index in [1.54, 1.807) is 22.8 Å². The van der Waals surface area contributed by atoms with Crippen molar-refractivity contribution in [2.45, 2.75) is 13.8 Å². The second-order valence-electron chi connectivity index (χ2n) is 4.91. The fourth-order valence-corrected chi connectivity index (χ4v) is 2.39. The zero-order chi connectivity index (χ0) is 15.0. The average molecular weight is 281 g/mol. The lowest BCUT2D eigenvalue weighted by Gasteiger charge is -2.04. The van der Waals surface area contributed by atoms with Gasteiger partial charge in [0.15, 0.2) is 11.5 Å². The van der Waals surface area contributed by atoms with Crippen LogP contribution in [0.5, 0.6) is 0 Å². The van der Waals surface area contributed by atoms with Crippen LogP contribution in [0.2, 0.25) is 0 Å². The third-order valence-electron chi connectivity index (χ3n) is 3.46. The Labute approximate surface area is 122 Å². The van der Waals surface area contributed by atoms with Gasteiger partial charge in [0, 0.05) is 11.8 Å². The molecule has 0 aliphatic rings. The zero-order valence-corrected chi connectivity index (χ0v) is 12.1. The second kappa shape index (κ2) is 5.01. The van der Waals surface area contributed by atoms with Gasteiger partial charge < -0.3 is 4.74 Å². The molecule has 2 heterocycles. The van der Waals surface area contributed by atoms with Gasteiger partial charge in [0.1, 0.15) is 0 Å². The lowest BCUT2D eigenvalue weighted by molar-refractivity contribution is 0.0600. The Morgan fingerprint density at radius 2 is 1.86 bits per heavy atom. The molecule has 0 amide bonds. The van der Waals surface area contributed by atoms with Gasteiger partial charge in [-0.3, -0.25) is 0 Å². The Morgan fingerprint density at radius 1 is 1.14 bits per heavy atom. The van der Waals surface area contributed by atoms with Crippen molar-refractivity contribution in [3.63, 3.8) is 0 Å². The minimum absolute atomic E-state index is 0.388. The van der Waals surface area contributed by atoms with Crippen molar-refractivity contribution in [3.8, 4) is 11.4 Å². The van der Waals surface area contributed by atoms with Crippen molar-refractivity contribution in [1.82, 2.24) is 14.6 Å². The molecule has 0 fully saturated rings. The molecule has 5 heteroatoms. The Hall–Kier alpha value is -2.69. The Balaban J connectivity index is 2.15. The fraction of sp³-hybridized carbons (Fsp3) is 0.188. The molecular weight excluding hydrogens is 266 g/mol. The number of pyridine rings is 1. The van der Waals surface area contributed by atoms with Crippen LogP contribution in [0.1, 0.15) is 21.5 Å². The van der Waals surface area contributed by atoms with Gasteiger partial charge in [-0.05, 0) is 37.1 Å². The first-order valence-electron chi connectivity index (χ1n) is 6.61. The number of ether oxygens (including phenoxy) is 1. The van der Waals surface area contributed by atoms with Gasteiger partial charge in [0.2, 0.25) is 0 Å². The molecule has 3 rings (SSSR count). The van der Waals surface area contributed by atoms with Crippen molar-refractivity contribution in [2.75, 3.05) is 7.11 Å². The van der Waals surface area contributed by atoms with E-state index in [0.29, 0.717) is 17.0 Å². The van der Waals surface area contributed by atoms with Crippen LogP contribution in [0.3, 0.4) is 0 Å². The fourth-order valence-electron chi connectivity index (χ4n) is 2.39. The van der Waals surface area contributed by atoms with E-state index in [1.807, 2.05) is 32.0 Å². The minimum atomic E-state index is -0.388. The summed E-state index contributed by atoms with van der Waals surface area (Å²) in [4.78, 5) is 16.1. The van der Waals surface area contributed by atoms with Crippen LogP contribution in [0.25, 0.3) is 17.0 Å².